The van der Waals surface area contributed by atoms with Crippen molar-refractivity contribution in [2.75, 3.05) is 6.54 Å². The van der Waals surface area contributed by atoms with E-state index in [1.807, 2.05) is 0 Å². The van der Waals surface area contributed by atoms with Crippen molar-refractivity contribution in [2.24, 2.45) is 4.99 Å². The Kier molecular flexibility index (Phi) is 3.57. The van der Waals surface area contributed by atoms with Crippen molar-refractivity contribution in [2.45, 2.75) is 12.6 Å². The molecule has 0 aromatic carbocycles. The molecule has 0 radical (unpaired) electrons. The number of halogens is 3. The fourth-order valence-electron chi connectivity index (χ4n) is 0.971. The van der Waals surface area contributed by atoms with Gasteiger partial charge in [-0.25, -0.2) is 9.79 Å². The van der Waals surface area contributed by atoms with Crippen molar-refractivity contribution in [3.8, 4) is 0 Å². The molecule has 0 amide bonds. The minimum Gasteiger partial charge on any atom is -0.252 e. The molecule has 1 rings (SSSR count). The highest BCUT2D eigenvalue weighted by Crippen LogP contribution is 2.27. The van der Waals surface area contributed by atoms with Crippen LogP contribution in [0.3, 0.4) is 0 Å². The maximum atomic E-state index is 12.1. The molecule has 0 aliphatic carbocycles. The Bertz CT molecular complexity index is 366. The lowest BCUT2D eigenvalue weighted by Crippen LogP contribution is -2.07. The molecule has 80 valence electrons. The van der Waals surface area contributed by atoms with Crippen LogP contribution in [0.15, 0.2) is 23.3 Å². The molecule has 0 bridgehead atoms. The van der Waals surface area contributed by atoms with Gasteiger partial charge in [0, 0.05) is 6.20 Å². The van der Waals surface area contributed by atoms with Crippen molar-refractivity contribution in [1.29, 1.82) is 0 Å². The highest BCUT2D eigenvalue weighted by atomic mass is 19.4. The molecule has 0 aliphatic heterocycles. The Hall–Kier alpha value is -1.68. The monoisotopic (exact) mass is 216 g/mol. The Morgan fingerprint density at radius 3 is 2.60 bits per heavy atom. The van der Waals surface area contributed by atoms with Gasteiger partial charge in [-0.2, -0.15) is 13.2 Å². The Balaban J connectivity index is 2.68. The van der Waals surface area contributed by atoms with Gasteiger partial charge in [0.2, 0.25) is 6.08 Å². The minimum absolute atomic E-state index is 0.205. The lowest BCUT2D eigenvalue weighted by molar-refractivity contribution is -0.141. The van der Waals surface area contributed by atoms with Crippen LogP contribution in [0, 0.1) is 0 Å². The summed E-state index contributed by atoms with van der Waals surface area (Å²) in [5, 5.41) is 0. The normalized spacial score (nSPS) is 10.9. The summed E-state index contributed by atoms with van der Waals surface area (Å²) in [6.45, 7) is 0.205. The largest absolute Gasteiger partial charge is 0.433 e. The number of carbonyl (C=O) groups excluding carboxylic acids is 1. The van der Waals surface area contributed by atoms with Gasteiger partial charge in [-0.1, -0.05) is 6.07 Å². The number of aliphatic imine (C=N–C) groups is 1. The molecule has 0 aliphatic rings. The molecule has 0 unspecified atom stereocenters. The number of pyridine rings is 1. The van der Waals surface area contributed by atoms with Crippen LogP contribution in [0.5, 0.6) is 0 Å². The first kappa shape index (κ1) is 11.4. The Morgan fingerprint density at radius 2 is 2.13 bits per heavy atom. The molecule has 0 N–H and O–H groups in total. The summed E-state index contributed by atoms with van der Waals surface area (Å²) >= 11 is 0. The van der Waals surface area contributed by atoms with Gasteiger partial charge in [0.05, 0.1) is 6.54 Å². The molecular weight excluding hydrogens is 209 g/mol. The number of alkyl halides is 3. The maximum Gasteiger partial charge on any atom is 0.433 e. The topological polar surface area (TPSA) is 42.3 Å². The summed E-state index contributed by atoms with van der Waals surface area (Å²) in [6, 6.07) is 2.22. The molecule has 0 saturated carbocycles. The van der Waals surface area contributed by atoms with E-state index in [4.69, 9.17) is 0 Å². The average Bonchev–Trinajstić information content (AvgIpc) is 2.18. The zero-order valence-corrected chi connectivity index (χ0v) is 7.58. The van der Waals surface area contributed by atoms with Crippen LogP contribution in [0.1, 0.15) is 11.3 Å². The fourth-order valence-corrected chi connectivity index (χ4v) is 0.971. The third kappa shape index (κ3) is 3.52. The van der Waals surface area contributed by atoms with E-state index in [-0.39, 0.29) is 6.54 Å². The van der Waals surface area contributed by atoms with Crippen molar-refractivity contribution in [1.82, 2.24) is 4.98 Å². The van der Waals surface area contributed by atoms with Crippen molar-refractivity contribution >= 4 is 6.08 Å². The Morgan fingerprint density at radius 1 is 1.40 bits per heavy atom. The van der Waals surface area contributed by atoms with Crippen LogP contribution in [0.2, 0.25) is 0 Å². The standard InChI is InChI=1S/C9H7F3N2O/c10-9(11,12)8-2-1-7(5-14-8)3-4-13-6-15/h1-2,5H,3-4H2. The highest BCUT2D eigenvalue weighted by molar-refractivity contribution is 5.33. The molecule has 1 heterocycles. The summed E-state index contributed by atoms with van der Waals surface area (Å²) in [6.07, 6.45) is -1.57. The van der Waals surface area contributed by atoms with Gasteiger partial charge in [-0.15, -0.1) is 0 Å². The quantitative estimate of drug-likeness (QED) is 0.572. The Labute approximate surface area is 83.7 Å². The molecule has 15 heavy (non-hydrogen) atoms. The van der Waals surface area contributed by atoms with E-state index in [1.165, 1.54) is 12.1 Å². The highest BCUT2D eigenvalue weighted by Gasteiger charge is 2.31. The molecule has 0 saturated heterocycles. The summed E-state index contributed by atoms with van der Waals surface area (Å²) in [5.41, 5.74) is -0.327. The number of isocyanates is 1. The van der Waals surface area contributed by atoms with Crippen LogP contribution in [-0.4, -0.2) is 17.6 Å². The predicted octanol–water partition coefficient (Wildman–Crippen LogP) is 1.98. The van der Waals surface area contributed by atoms with Crippen molar-refractivity contribution in [3.05, 3.63) is 29.6 Å². The summed E-state index contributed by atoms with van der Waals surface area (Å²) in [5.74, 6) is 0. The zero-order valence-electron chi connectivity index (χ0n) is 7.58. The van der Waals surface area contributed by atoms with Gasteiger partial charge in [-0.3, -0.25) is 4.98 Å². The molecular formula is C9H7F3N2O. The van der Waals surface area contributed by atoms with Crippen molar-refractivity contribution < 1.29 is 18.0 Å². The molecule has 0 atom stereocenters. The fraction of sp³-hybridized carbons (Fsp3) is 0.333. The van der Waals surface area contributed by atoms with Crippen LogP contribution in [0.25, 0.3) is 0 Å². The molecule has 6 heteroatoms. The summed E-state index contributed by atoms with van der Waals surface area (Å²) in [7, 11) is 0. The van der Waals surface area contributed by atoms with Gasteiger partial charge < -0.3 is 0 Å². The van der Waals surface area contributed by atoms with Gasteiger partial charge in [0.1, 0.15) is 5.69 Å². The van der Waals surface area contributed by atoms with Crippen LogP contribution in [0.4, 0.5) is 13.2 Å². The first-order chi connectivity index (χ1) is 7.04. The average molecular weight is 216 g/mol. The van der Waals surface area contributed by atoms with Crippen LogP contribution < -0.4 is 0 Å². The summed E-state index contributed by atoms with van der Waals surface area (Å²) in [4.78, 5) is 16.3. The van der Waals surface area contributed by atoms with E-state index in [2.05, 4.69) is 9.98 Å². The number of hydrogen-bond donors (Lipinski definition) is 0. The first-order valence-corrected chi connectivity index (χ1v) is 4.10. The molecule has 0 spiro atoms. The van der Waals surface area contributed by atoms with Gasteiger partial charge >= 0.3 is 6.18 Å². The third-order valence-electron chi connectivity index (χ3n) is 1.69. The zero-order chi connectivity index (χ0) is 11.3. The van der Waals surface area contributed by atoms with Crippen LogP contribution >= 0.6 is 0 Å². The van der Waals surface area contributed by atoms with Crippen molar-refractivity contribution in [3.63, 3.8) is 0 Å². The SMILES string of the molecule is O=C=NCCc1ccc(C(F)(F)F)nc1. The molecule has 3 nitrogen and oxygen atoms in total. The number of aromatic nitrogens is 1. The van der Waals surface area contributed by atoms with E-state index in [0.717, 1.165) is 12.3 Å². The lowest BCUT2D eigenvalue weighted by Gasteiger charge is -2.05. The summed E-state index contributed by atoms with van der Waals surface area (Å²) < 4.78 is 36.3. The molecule has 1 aromatic heterocycles. The second kappa shape index (κ2) is 4.70. The van der Waals surface area contributed by atoms with Crippen LogP contribution in [-0.2, 0) is 17.4 Å². The number of hydrogen-bond acceptors (Lipinski definition) is 3. The molecule has 1 aromatic rings. The first-order valence-electron chi connectivity index (χ1n) is 4.10. The predicted molar refractivity (Wildman–Crippen MR) is 45.9 cm³/mol. The smallest absolute Gasteiger partial charge is 0.252 e. The van der Waals surface area contributed by atoms with E-state index in [1.54, 1.807) is 0 Å². The van der Waals surface area contributed by atoms with E-state index in [9.17, 15) is 18.0 Å². The van der Waals surface area contributed by atoms with Gasteiger partial charge in [0.25, 0.3) is 0 Å². The number of rotatable bonds is 3. The maximum absolute atomic E-state index is 12.1. The minimum atomic E-state index is -4.42. The second-order valence-corrected chi connectivity index (χ2v) is 2.77. The second-order valence-electron chi connectivity index (χ2n) is 2.77. The lowest BCUT2D eigenvalue weighted by atomic mass is 10.2. The van der Waals surface area contributed by atoms with Gasteiger partial charge in [0.15, 0.2) is 0 Å². The van der Waals surface area contributed by atoms with E-state index < -0.39 is 11.9 Å². The third-order valence-corrected chi connectivity index (χ3v) is 1.69. The van der Waals surface area contributed by atoms with E-state index >= 15 is 0 Å². The number of nitrogens with zero attached hydrogens (tertiary/aromatic N) is 2. The van der Waals surface area contributed by atoms with Gasteiger partial charge in [-0.05, 0) is 18.1 Å². The molecule has 0 fully saturated rings. The van der Waals surface area contributed by atoms with E-state index in [0.29, 0.717) is 12.0 Å².